The predicted molar refractivity (Wildman–Crippen MR) is 115 cm³/mol. The summed E-state index contributed by atoms with van der Waals surface area (Å²) >= 11 is 6.22. The van der Waals surface area contributed by atoms with Gasteiger partial charge in [-0.1, -0.05) is 29.8 Å². The first-order valence-corrected chi connectivity index (χ1v) is 9.92. The first-order chi connectivity index (χ1) is 14.0. The molecule has 0 atom stereocenters. The van der Waals surface area contributed by atoms with Gasteiger partial charge in [0.15, 0.2) is 0 Å². The summed E-state index contributed by atoms with van der Waals surface area (Å²) in [5, 5.41) is 5.87. The lowest BCUT2D eigenvalue weighted by Gasteiger charge is -2.34. The van der Waals surface area contributed by atoms with Crippen LogP contribution in [0.15, 0.2) is 48.5 Å². The Morgan fingerprint density at radius 1 is 1.03 bits per heavy atom. The van der Waals surface area contributed by atoms with E-state index in [0.29, 0.717) is 36.1 Å². The van der Waals surface area contributed by atoms with E-state index in [4.69, 9.17) is 16.3 Å². The van der Waals surface area contributed by atoms with Gasteiger partial charge in [-0.05, 0) is 30.3 Å². The van der Waals surface area contributed by atoms with Crippen LogP contribution in [0.3, 0.4) is 0 Å². The molecule has 0 radical (unpaired) electrons. The number of amides is 3. The number of urea groups is 1. The van der Waals surface area contributed by atoms with Gasteiger partial charge in [0.1, 0.15) is 12.4 Å². The number of para-hydroxylation sites is 1. The van der Waals surface area contributed by atoms with Crippen molar-refractivity contribution in [2.24, 2.45) is 0 Å². The average molecular weight is 417 g/mol. The SMILES string of the molecule is CC(=O)Nc1ccc(NC(=O)N2CCN(CCOc3ccccc3)CC2)c(Cl)c1. The monoisotopic (exact) mass is 416 g/mol. The molecule has 29 heavy (non-hydrogen) atoms. The molecule has 2 aromatic rings. The lowest BCUT2D eigenvalue weighted by atomic mass is 10.2. The molecular weight excluding hydrogens is 392 g/mol. The van der Waals surface area contributed by atoms with Crippen LogP contribution in [0.2, 0.25) is 5.02 Å². The van der Waals surface area contributed by atoms with E-state index in [2.05, 4.69) is 15.5 Å². The van der Waals surface area contributed by atoms with Crippen LogP contribution in [0.25, 0.3) is 0 Å². The fraction of sp³-hybridized carbons (Fsp3) is 0.333. The summed E-state index contributed by atoms with van der Waals surface area (Å²) in [6.07, 6.45) is 0. The number of hydrogen-bond acceptors (Lipinski definition) is 4. The molecule has 2 N–H and O–H groups in total. The largest absolute Gasteiger partial charge is 0.492 e. The van der Waals surface area contributed by atoms with Gasteiger partial charge in [-0.15, -0.1) is 0 Å². The van der Waals surface area contributed by atoms with Crippen LogP contribution in [-0.4, -0.2) is 61.1 Å². The third-order valence-corrected chi connectivity index (χ3v) is 4.92. The normalized spacial score (nSPS) is 14.3. The van der Waals surface area contributed by atoms with Crippen LogP contribution < -0.4 is 15.4 Å². The fourth-order valence-corrected chi connectivity index (χ4v) is 3.30. The molecule has 0 saturated carbocycles. The average Bonchev–Trinajstić information content (AvgIpc) is 2.71. The van der Waals surface area contributed by atoms with E-state index < -0.39 is 0 Å². The summed E-state index contributed by atoms with van der Waals surface area (Å²) in [5.41, 5.74) is 1.11. The van der Waals surface area contributed by atoms with E-state index in [9.17, 15) is 9.59 Å². The van der Waals surface area contributed by atoms with Crippen molar-refractivity contribution in [3.05, 3.63) is 53.6 Å². The van der Waals surface area contributed by atoms with Crippen molar-refractivity contribution in [2.45, 2.75) is 6.92 Å². The molecule has 1 heterocycles. The first-order valence-electron chi connectivity index (χ1n) is 9.54. The summed E-state index contributed by atoms with van der Waals surface area (Å²) in [6.45, 7) is 5.73. The third kappa shape index (κ3) is 6.37. The highest BCUT2D eigenvalue weighted by Crippen LogP contribution is 2.26. The number of rotatable bonds is 6. The number of benzene rings is 2. The van der Waals surface area contributed by atoms with E-state index in [-0.39, 0.29) is 11.9 Å². The van der Waals surface area contributed by atoms with E-state index in [1.807, 2.05) is 30.3 Å². The molecule has 8 heteroatoms. The van der Waals surface area contributed by atoms with E-state index in [0.717, 1.165) is 25.4 Å². The first kappa shape index (κ1) is 21.0. The second kappa shape index (κ2) is 10.1. The smallest absolute Gasteiger partial charge is 0.321 e. The van der Waals surface area contributed by atoms with Crippen molar-refractivity contribution in [3.63, 3.8) is 0 Å². The molecule has 0 spiro atoms. The molecule has 1 fully saturated rings. The molecule has 1 saturated heterocycles. The zero-order chi connectivity index (χ0) is 20.6. The van der Waals surface area contributed by atoms with Gasteiger partial charge in [0, 0.05) is 45.3 Å². The van der Waals surface area contributed by atoms with Gasteiger partial charge in [-0.25, -0.2) is 4.79 Å². The van der Waals surface area contributed by atoms with E-state index in [1.165, 1.54) is 6.92 Å². The van der Waals surface area contributed by atoms with Crippen LogP contribution in [0.1, 0.15) is 6.92 Å². The highest BCUT2D eigenvalue weighted by Gasteiger charge is 2.21. The minimum absolute atomic E-state index is 0.176. The number of halogens is 1. The molecule has 0 aliphatic carbocycles. The number of ether oxygens (including phenoxy) is 1. The minimum atomic E-state index is -0.181. The number of nitrogens with one attached hydrogen (secondary N) is 2. The Labute approximate surface area is 175 Å². The second-order valence-electron chi connectivity index (χ2n) is 6.80. The van der Waals surface area contributed by atoms with Crippen molar-refractivity contribution in [2.75, 3.05) is 50.0 Å². The third-order valence-electron chi connectivity index (χ3n) is 4.61. The Hall–Kier alpha value is -2.77. The maximum absolute atomic E-state index is 12.5. The zero-order valence-corrected chi connectivity index (χ0v) is 17.1. The number of nitrogens with zero attached hydrogens (tertiary/aromatic N) is 2. The van der Waals surface area contributed by atoms with Crippen LogP contribution in [-0.2, 0) is 4.79 Å². The number of anilines is 2. The Balaban J connectivity index is 1.42. The van der Waals surface area contributed by atoms with Gasteiger partial charge < -0.3 is 20.3 Å². The second-order valence-corrected chi connectivity index (χ2v) is 7.20. The Morgan fingerprint density at radius 3 is 2.41 bits per heavy atom. The maximum atomic E-state index is 12.5. The van der Waals surface area contributed by atoms with Crippen LogP contribution in [0.5, 0.6) is 5.75 Å². The van der Waals surface area contributed by atoms with Gasteiger partial charge in [-0.3, -0.25) is 9.69 Å². The molecular formula is C21H25ClN4O3. The van der Waals surface area contributed by atoms with Crippen LogP contribution >= 0.6 is 11.6 Å². The van der Waals surface area contributed by atoms with Crippen LogP contribution in [0.4, 0.5) is 16.2 Å². The topological polar surface area (TPSA) is 73.9 Å². The Bertz CT molecular complexity index is 839. The van der Waals surface area contributed by atoms with Gasteiger partial charge in [0.2, 0.25) is 5.91 Å². The van der Waals surface area contributed by atoms with Gasteiger partial charge in [0.05, 0.1) is 10.7 Å². The predicted octanol–water partition coefficient (Wildman–Crippen LogP) is 3.53. The highest BCUT2D eigenvalue weighted by atomic mass is 35.5. The molecule has 0 aromatic heterocycles. The fourth-order valence-electron chi connectivity index (χ4n) is 3.08. The number of carbonyl (C=O) groups excluding carboxylic acids is 2. The van der Waals surface area contributed by atoms with Gasteiger partial charge in [0.25, 0.3) is 0 Å². The quantitative estimate of drug-likeness (QED) is 0.755. The van der Waals surface area contributed by atoms with E-state index >= 15 is 0 Å². The lowest BCUT2D eigenvalue weighted by Crippen LogP contribution is -2.50. The molecule has 2 aromatic carbocycles. The molecule has 0 unspecified atom stereocenters. The maximum Gasteiger partial charge on any atom is 0.321 e. The van der Waals surface area contributed by atoms with Gasteiger partial charge in [-0.2, -0.15) is 0 Å². The molecule has 3 rings (SSSR count). The zero-order valence-electron chi connectivity index (χ0n) is 16.4. The highest BCUT2D eigenvalue weighted by molar-refractivity contribution is 6.34. The van der Waals surface area contributed by atoms with Crippen molar-refractivity contribution in [1.29, 1.82) is 0 Å². The Kier molecular flexibility index (Phi) is 7.32. The Morgan fingerprint density at radius 2 is 1.76 bits per heavy atom. The molecule has 3 amide bonds. The van der Waals surface area contributed by atoms with Gasteiger partial charge >= 0.3 is 6.03 Å². The number of piperazine rings is 1. The molecule has 154 valence electrons. The van der Waals surface area contributed by atoms with Crippen LogP contribution in [0, 0.1) is 0 Å². The molecule has 1 aliphatic rings. The molecule has 7 nitrogen and oxygen atoms in total. The minimum Gasteiger partial charge on any atom is -0.492 e. The summed E-state index contributed by atoms with van der Waals surface area (Å²) in [7, 11) is 0. The molecule has 1 aliphatic heterocycles. The lowest BCUT2D eigenvalue weighted by molar-refractivity contribution is -0.114. The van der Waals surface area contributed by atoms with E-state index in [1.54, 1.807) is 23.1 Å². The standard InChI is InChI=1S/C21H25ClN4O3/c1-16(27)23-17-7-8-20(19(22)15-17)24-21(28)26-11-9-25(10-12-26)13-14-29-18-5-3-2-4-6-18/h2-8,15H,9-14H2,1H3,(H,23,27)(H,24,28). The van der Waals surface area contributed by atoms with Crippen molar-refractivity contribution >= 4 is 34.9 Å². The van der Waals surface area contributed by atoms with Crippen molar-refractivity contribution in [3.8, 4) is 5.75 Å². The summed E-state index contributed by atoms with van der Waals surface area (Å²) in [4.78, 5) is 27.7. The summed E-state index contributed by atoms with van der Waals surface area (Å²) in [5.74, 6) is 0.691. The summed E-state index contributed by atoms with van der Waals surface area (Å²) in [6, 6.07) is 14.6. The summed E-state index contributed by atoms with van der Waals surface area (Å²) < 4.78 is 5.73. The molecule has 0 bridgehead atoms. The number of hydrogen-bond donors (Lipinski definition) is 2. The van der Waals surface area contributed by atoms with Crippen molar-refractivity contribution < 1.29 is 14.3 Å². The van der Waals surface area contributed by atoms with Crippen molar-refractivity contribution in [1.82, 2.24) is 9.80 Å². The number of carbonyl (C=O) groups is 2.